The zero-order valence-electron chi connectivity index (χ0n) is 30.6. The highest BCUT2D eigenvalue weighted by atomic mass is 35.5. The lowest BCUT2D eigenvalue weighted by molar-refractivity contribution is -0.136. The molecular weight excluding hydrogens is 747 g/mol. The highest BCUT2D eigenvalue weighted by Crippen LogP contribution is 2.47. The van der Waals surface area contributed by atoms with E-state index in [0.29, 0.717) is 59.4 Å². The molecular formula is C38H42ClN8O7P. The molecule has 7 rings (SSSR count). The van der Waals surface area contributed by atoms with Gasteiger partial charge < -0.3 is 39.5 Å². The Labute approximate surface area is 323 Å². The maximum absolute atomic E-state index is 13.2. The zero-order chi connectivity index (χ0) is 38.7. The molecule has 15 nitrogen and oxygen atoms in total. The molecule has 55 heavy (non-hydrogen) atoms. The molecule has 1 unspecified atom stereocenters. The molecule has 0 bridgehead atoms. The predicted octanol–water partition coefficient (Wildman–Crippen LogP) is 5.26. The summed E-state index contributed by atoms with van der Waals surface area (Å²) in [5, 5.41) is 13.0. The second kappa shape index (κ2) is 16.4. The molecule has 3 aliphatic heterocycles. The predicted molar refractivity (Wildman–Crippen MR) is 209 cm³/mol. The van der Waals surface area contributed by atoms with E-state index in [1.54, 1.807) is 36.3 Å². The van der Waals surface area contributed by atoms with Crippen molar-refractivity contribution in [2.24, 2.45) is 0 Å². The SMILES string of the molecule is COc1cc(N2CCC(NCc3ccc4c(c3)CN(C3CCC(=O)NC3=O)C4=O)CC2)ccc1Nc1ncc(Cl)c(Nc2ccccc2P(=O)(OC)OC)n1. The minimum atomic E-state index is -3.57. The topological polar surface area (TPSA) is 176 Å². The van der Waals surface area contributed by atoms with Gasteiger partial charge in [0, 0.05) is 70.2 Å². The fourth-order valence-electron chi connectivity index (χ4n) is 7.17. The minimum Gasteiger partial charge on any atom is -0.494 e. The van der Waals surface area contributed by atoms with Crippen molar-refractivity contribution in [1.82, 2.24) is 25.5 Å². The number of benzene rings is 3. The first-order valence-electron chi connectivity index (χ1n) is 17.9. The monoisotopic (exact) mass is 788 g/mol. The second-order valence-corrected chi connectivity index (χ2v) is 16.1. The molecule has 3 aliphatic rings. The average molecular weight is 789 g/mol. The Morgan fingerprint density at radius 1 is 0.945 bits per heavy atom. The number of methoxy groups -OCH3 is 1. The van der Waals surface area contributed by atoms with E-state index in [1.807, 2.05) is 36.4 Å². The molecule has 0 radical (unpaired) electrons. The first kappa shape index (κ1) is 38.2. The first-order valence-corrected chi connectivity index (χ1v) is 19.8. The lowest BCUT2D eigenvalue weighted by Crippen LogP contribution is -2.52. The van der Waals surface area contributed by atoms with Crippen molar-refractivity contribution in [2.75, 3.05) is 50.0 Å². The first-order chi connectivity index (χ1) is 26.6. The van der Waals surface area contributed by atoms with Crippen molar-refractivity contribution in [2.45, 2.75) is 50.9 Å². The number of ether oxygens (including phenoxy) is 1. The van der Waals surface area contributed by atoms with Crippen LogP contribution < -0.4 is 36.2 Å². The van der Waals surface area contributed by atoms with Gasteiger partial charge in [-0.05, 0) is 60.7 Å². The molecule has 4 aromatic rings. The molecule has 288 valence electrons. The number of hydrogen-bond acceptors (Lipinski definition) is 13. The van der Waals surface area contributed by atoms with Gasteiger partial charge in [0.2, 0.25) is 17.8 Å². The van der Waals surface area contributed by atoms with Gasteiger partial charge in [-0.3, -0.25) is 24.3 Å². The van der Waals surface area contributed by atoms with Gasteiger partial charge >= 0.3 is 7.60 Å². The summed E-state index contributed by atoms with van der Waals surface area (Å²) in [6, 6.07) is 18.4. The highest BCUT2D eigenvalue weighted by molar-refractivity contribution is 7.62. The number of halogens is 1. The quantitative estimate of drug-likeness (QED) is 0.102. The minimum absolute atomic E-state index is 0.167. The molecule has 0 saturated carbocycles. The zero-order valence-corrected chi connectivity index (χ0v) is 32.3. The second-order valence-electron chi connectivity index (χ2n) is 13.4. The van der Waals surface area contributed by atoms with Crippen molar-refractivity contribution in [3.8, 4) is 5.75 Å². The third-order valence-corrected chi connectivity index (χ3v) is 12.4. The van der Waals surface area contributed by atoms with Gasteiger partial charge in [-0.1, -0.05) is 35.9 Å². The molecule has 0 spiro atoms. The van der Waals surface area contributed by atoms with Crippen LogP contribution in [0, 0.1) is 0 Å². The van der Waals surface area contributed by atoms with Crippen molar-refractivity contribution in [3.63, 3.8) is 0 Å². The van der Waals surface area contributed by atoms with E-state index in [2.05, 4.69) is 36.1 Å². The van der Waals surface area contributed by atoms with E-state index >= 15 is 0 Å². The summed E-state index contributed by atoms with van der Waals surface area (Å²) in [6.45, 7) is 2.72. The smallest absolute Gasteiger partial charge is 0.362 e. The van der Waals surface area contributed by atoms with Gasteiger partial charge in [0.05, 0.1) is 30.0 Å². The Morgan fingerprint density at radius 2 is 1.73 bits per heavy atom. The van der Waals surface area contributed by atoms with Gasteiger partial charge in [0.25, 0.3) is 5.91 Å². The van der Waals surface area contributed by atoms with Crippen LogP contribution in [0.15, 0.2) is 66.9 Å². The van der Waals surface area contributed by atoms with E-state index in [4.69, 9.17) is 25.4 Å². The summed E-state index contributed by atoms with van der Waals surface area (Å²) in [5.74, 6) is 0.307. The number of aromatic nitrogens is 2. The summed E-state index contributed by atoms with van der Waals surface area (Å²) in [6.07, 6.45) is 3.93. The van der Waals surface area contributed by atoms with E-state index in [-0.39, 0.29) is 29.2 Å². The summed E-state index contributed by atoms with van der Waals surface area (Å²) < 4.78 is 29.3. The molecule has 2 fully saturated rings. The average Bonchev–Trinajstić information content (AvgIpc) is 3.53. The van der Waals surface area contributed by atoms with E-state index in [9.17, 15) is 18.9 Å². The molecule has 0 aliphatic carbocycles. The summed E-state index contributed by atoms with van der Waals surface area (Å²) in [4.78, 5) is 49.9. The lowest BCUT2D eigenvalue weighted by atomic mass is 10.0. The fraction of sp³-hybridized carbons (Fsp3) is 0.342. The molecule has 3 aromatic carbocycles. The summed E-state index contributed by atoms with van der Waals surface area (Å²) >= 11 is 6.46. The highest BCUT2D eigenvalue weighted by Gasteiger charge is 2.39. The van der Waals surface area contributed by atoms with E-state index in [0.717, 1.165) is 42.7 Å². The third kappa shape index (κ3) is 8.17. The summed E-state index contributed by atoms with van der Waals surface area (Å²) in [5.41, 5.74) is 4.74. The van der Waals surface area contributed by atoms with Crippen LogP contribution in [0.25, 0.3) is 0 Å². The van der Waals surface area contributed by atoms with Crippen LogP contribution in [0.1, 0.15) is 47.2 Å². The Kier molecular flexibility index (Phi) is 11.4. The maximum atomic E-state index is 13.2. The maximum Gasteiger partial charge on any atom is 0.362 e. The normalized spacial score (nSPS) is 17.6. The molecule has 1 atom stereocenters. The van der Waals surface area contributed by atoms with Crippen molar-refractivity contribution < 1.29 is 32.7 Å². The van der Waals surface area contributed by atoms with Gasteiger partial charge in [-0.2, -0.15) is 4.98 Å². The third-order valence-electron chi connectivity index (χ3n) is 10.2. The van der Waals surface area contributed by atoms with Crippen LogP contribution >= 0.6 is 19.2 Å². The largest absolute Gasteiger partial charge is 0.494 e. The van der Waals surface area contributed by atoms with Crippen LogP contribution in [0.5, 0.6) is 5.75 Å². The van der Waals surface area contributed by atoms with Crippen molar-refractivity contribution in [1.29, 1.82) is 0 Å². The Bertz CT molecular complexity index is 2160. The Morgan fingerprint density at radius 3 is 2.47 bits per heavy atom. The van der Waals surface area contributed by atoms with E-state index < -0.39 is 19.5 Å². The van der Waals surface area contributed by atoms with Crippen LogP contribution in [0.3, 0.4) is 0 Å². The number of nitrogens with one attached hydrogen (secondary N) is 4. The van der Waals surface area contributed by atoms with Crippen LogP contribution in [0.4, 0.5) is 28.8 Å². The number of anilines is 5. The van der Waals surface area contributed by atoms with Gasteiger partial charge in [-0.15, -0.1) is 0 Å². The number of piperidine rings is 2. The molecule has 4 N–H and O–H groups in total. The van der Waals surface area contributed by atoms with E-state index in [1.165, 1.54) is 20.4 Å². The van der Waals surface area contributed by atoms with Crippen molar-refractivity contribution in [3.05, 3.63) is 88.6 Å². The molecule has 3 amide bonds. The van der Waals surface area contributed by atoms with Crippen LogP contribution in [0.2, 0.25) is 5.02 Å². The number of hydrogen-bond donors (Lipinski definition) is 4. The number of para-hydroxylation sites is 1. The number of nitrogens with zero attached hydrogens (tertiary/aromatic N) is 4. The lowest BCUT2D eigenvalue weighted by Gasteiger charge is -2.34. The Balaban J connectivity index is 0.943. The number of amides is 3. The number of carbonyl (C=O) groups excluding carboxylic acids is 3. The van der Waals surface area contributed by atoms with Crippen molar-refractivity contribution >= 4 is 71.1 Å². The Hall–Kier alpha value is -5.05. The molecule has 17 heteroatoms. The molecule has 4 heterocycles. The van der Waals surface area contributed by atoms with Gasteiger partial charge in [-0.25, -0.2) is 4.98 Å². The standard InChI is InChI=1S/C38H42ClN8O7P/c1-52-32-19-26(9-11-29(32)43-38-41-21-28(39)35(45-38)42-30-6-4-5-7-33(30)55(51,53-2)54-3)46-16-14-25(15-17-46)40-20-23-8-10-27-24(18-23)22-47(37(27)50)31-12-13-34(48)44-36(31)49/h4-11,18-19,21,25,31,40H,12-17,20,22H2,1-3H3,(H,44,48,49)(H2,41,42,43,45). The summed E-state index contributed by atoms with van der Waals surface area (Å²) in [7, 11) is 0.693. The van der Waals surface area contributed by atoms with Crippen LogP contribution in [-0.4, -0.2) is 79.1 Å². The van der Waals surface area contributed by atoms with Crippen LogP contribution in [-0.2, 0) is 36.3 Å². The number of carbonyl (C=O) groups is 3. The molecule has 2 saturated heterocycles. The van der Waals surface area contributed by atoms with Gasteiger partial charge in [0.1, 0.15) is 16.8 Å². The van der Waals surface area contributed by atoms with Gasteiger partial charge in [0.15, 0.2) is 5.82 Å². The fourth-order valence-corrected chi connectivity index (χ4v) is 8.55. The number of rotatable bonds is 13. The number of imide groups is 1. The number of fused-ring (bicyclic) bond motifs is 1. The molecule has 1 aromatic heterocycles.